The maximum absolute atomic E-state index is 12.9. The van der Waals surface area contributed by atoms with E-state index in [1.165, 1.54) is 35.6 Å². The molecule has 3 rings (SSSR count). The monoisotopic (exact) mass is 378 g/mol. The van der Waals surface area contributed by atoms with Crippen molar-refractivity contribution < 1.29 is 17.9 Å². The number of ether oxygens (including phenoxy) is 1. The number of hydrogen-bond acceptors (Lipinski definition) is 5. The molecule has 2 heterocycles. The highest BCUT2D eigenvalue weighted by molar-refractivity contribution is 7.89. The van der Waals surface area contributed by atoms with Gasteiger partial charge in [-0.1, -0.05) is 0 Å². The van der Waals surface area contributed by atoms with Crippen molar-refractivity contribution >= 4 is 15.9 Å². The van der Waals surface area contributed by atoms with Crippen LogP contribution in [0.5, 0.6) is 0 Å². The maximum atomic E-state index is 12.9. The molecule has 0 radical (unpaired) electrons. The predicted octanol–water partition coefficient (Wildman–Crippen LogP) is 1.02. The fourth-order valence-corrected chi connectivity index (χ4v) is 4.26. The van der Waals surface area contributed by atoms with E-state index in [4.69, 9.17) is 4.74 Å². The molecular weight excluding hydrogens is 356 g/mol. The van der Waals surface area contributed by atoms with Crippen LogP contribution >= 0.6 is 0 Å². The van der Waals surface area contributed by atoms with Crippen LogP contribution in [-0.2, 0) is 21.3 Å². The molecule has 1 aliphatic heterocycles. The number of aryl methyl sites for hydroxylation is 1. The largest absolute Gasteiger partial charge is 0.371 e. The molecule has 9 heteroatoms. The van der Waals surface area contributed by atoms with Crippen LogP contribution in [0.3, 0.4) is 0 Å². The fourth-order valence-electron chi connectivity index (χ4n) is 2.84. The van der Waals surface area contributed by atoms with Crippen LogP contribution in [0.1, 0.15) is 28.9 Å². The first-order valence-electron chi connectivity index (χ1n) is 8.42. The summed E-state index contributed by atoms with van der Waals surface area (Å²) in [6.07, 6.45) is 3.24. The number of aromatic nitrogens is 2. The topological polar surface area (TPSA) is 93.5 Å². The van der Waals surface area contributed by atoms with Crippen molar-refractivity contribution in [2.24, 2.45) is 0 Å². The minimum absolute atomic E-state index is 0.162. The number of carbonyl (C=O) groups excluding carboxylic acids is 1. The zero-order chi connectivity index (χ0) is 18.7. The Morgan fingerprint density at radius 1 is 1.35 bits per heavy atom. The SMILES string of the molecule is CCn1cc(C2CN(S(=O)(=O)c3ccc(C(=O)NC)cc3)CCO2)cn1. The summed E-state index contributed by atoms with van der Waals surface area (Å²) in [5.41, 5.74) is 1.28. The molecule has 26 heavy (non-hydrogen) atoms. The van der Waals surface area contributed by atoms with Crippen LogP contribution in [0, 0.1) is 0 Å². The van der Waals surface area contributed by atoms with Gasteiger partial charge >= 0.3 is 0 Å². The van der Waals surface area contributed by atoms with Gasteiger partial charge in [0.15, 0.2) is 0 Å². The Balaban J connectivity index is 1.79. The molecule has 0 spiro atoms. The minimum atomic E-state index is -3.66. The predicted molar refractivity (Wildman–Crippen MR) is 95.2 cm³/mol. The van der Waals surface area contributed by atoms with Crippen molar-refractivity contribution in [3.63, 3.8) is 0 Å². The molecule has 0 saturated carbocycles. The number of rotatable bonds is 5. The summed E-state index contributed by atoms with van der Waals surface area (Å²) in [4.78, 5) is 11.8. The van der Waals surface area contributed by atoms with Crippen molar-refractivity contribution in [1.29, 1.82) is 0 Å². The van der Waals surface area contributed by atoms with Crippen LogP contribution in [0.4, 0.5) is 0 Å². The molecule has 2 aromatic rings. The Kier molecular flexibility index (Phi) is 5.40. The first kappa shape index (κ1) is 18.6. The van der Waals surface area contributed by atoms with Gasteiger partial charge in [-0.3, -0.25) is 9.48 Å². The minimum Gasteiger partial charge on any atom is -0.371 e. The number of sulfonamides is 1. The third kappa shape index (κ3) is 3.64. The van der Waals surface area contributed by atoms with E-state index >= 15 is 0 Å². The summed E-state index contributed by atoms with van der Waals surface area (Å²) in [6.45, 7) is 3.56. The van der Waals surface area contributed by atoms with Gasteiger partial charge in [-0.2, -0.15) is 9.40 Å². The molecule has 1 fully saturated rings. The van der Waals surface area contributed by atoms with E-state index in [0.717, 1.165) is 12.1 Å². The molecule has 1 unspecified atom stereocenters. The summed E-state index contributed by atoms with van der Waals surface area (Å²) >= 11 is 0. The van der Waals surface area contributed by atoms with Crippen molar-refractivity contribution in [3.05, 3.63) is 47.8 Å². The highest BCUT2D eigenvalue weighted by atomic mass is 32.2. The molecule has 1 N–H and O–H groups in total. The normalized spacial score (nSPS) is 18.6. The van der Waals surface area contributed by atoms with Gasteiger partial charge in [-0.05, 0) is 31.2 Å². The average molecular weight is 378 g/mol. The van der Waals surface area contributed by atoms with Crippen LogP contribution in [0.2, 0.25) is 0 Å². The quantitative estimate of drug-likeness (QED) is 0.839. The first-order valence-corrected chi connectivity index (χ1v) is 9.86. The van der Waals surface area contributed by atoms with Crippen molar-refractivity contribution in [2.75, 3.05) is 26.7 Å². The third-order valence-electron chi connectivity index (χ3n) is 4.36. The molecule has 1 amide bonds. The van der Waals surface area contributed by atoms with Gasteiger partial charge in [0.2, 0.25) is 10.0 Å². The number of nitrogens with zero attached hydrogens (tertiary/aromatic N) is 3. The van der Waals surface area contributed by atoms with E-state index in [1.54, 1.807) is 10.9 Å². The van der Waals surface area contributed by atoms with Gasteiger partial charge in [0.05, 0.1) is 23.8 Å². The molecule has 1 atom stereocenters. The van der Waals surface area contributed by atoms with E-state index in [1.807, 2.05) is 13.1 Å². The van der Waals surface area contributed by atoms with Gasteiger partial charge in [0, 0.05) is 44.0 Å². The first-order chi connectivity index (χ1) is 12.5. The van der Waals surface area contributed by atoms with E-state index in [2.05, 4.69) is 10.4 Å². The number of amides is 1. The summed E-state index contributed by atoms with van der Waals surface area (Å²) in [5.74, 6) is -0.256. The zero-order valence-corrected chi connectivity index (χ0v) is 15.6. The van der Waals surface area contributed by atoms with Crippen molar-refractivity contribution in [2.45, 2.75) is 24.5 Å². The molecule has 1 saturated heterocycles. The van der Waals surface area contributed by atoms with E-state index in [0.29, 0.717) is 12.2 Å². The smallest absolute Gasteiger partial charge is 0.251 e. The lowest BCUT2D eigenvalue weighted by Crippen LogP contribution is -2.42. The van der Waals surface area contributed by atoms with E-state index in [-0.39, 0.29) is 30.0 Å². The van der Waals surface area contributed by atoms with Crippen LogP contribution < -0.4 is 5.32 Å². The molecule has 1 aliphatic rings. The number of benzene rings is 1. The Morgan fingerprint density at radius 3 is 2.69 bits per heavy atom. The average Bonchev–Trinajstić information content (AvgIpc) is 3.17. The zero-order valence-electron chi connectivity index (χ0n) is 14.8. The summed E-state index contributed by atoms with van der Waals surface area (Å²) < 4.78 is 34.8. The van der Waals surface area contributed by atoms with Gasteiger partial charge < -0.3 is 10.1 Å². The van der Waals surface area contributed by atoms with Gasteiger partial charge in [0.1, 0.15) is 0 Å². The standard InChI is InChI=1S/C17H22N4O4S/c1-3-20-11-14(10-19-20)16-12-21(8-9-25-16)26(23,24)15-6-4-13(5-7-15)17(22)18-2/h4-7,10-11,16H,3,8-9,12H2,1-2H3,(H,18,22). The second-order valence-electron chi connectivity index (χ2n) is 5.96. The van der Waals surface area contributed by atoms with Crippen LogP contribution in [0.15, 0.2) is 41.6 Å². The molecular formula is C17H22N4O4S. The number of hydrogen-bond donors (Lipinski definition) is 1. The second kappa shape index (κ2) is 7.56. The van der Waals surface area contributed by atoms with Gasteiger partial charge in [0.25, 0.3) is 5.91 Å². The molecule has 0 bridgehead atoms. The molecule has 0 aliphatic carbocycles. The maximum Gasteiger partial charge on any atom is 0.251 e. The molecule has 8 nitrogen and oxygen atoms in total. The fraction of sp³-hybridized carbons (Fsp3) is 0.412. The Bertz CT molecular complexity index is 876. The van der Waals surface area contributed by atoms with E-state index in [9.17, 15) is 13.2 Å². The van der Waals surface area contributed by atoms with Crippen LogP contribution in [0.25, 0.3) is 0 Å². The summed E-state index contributed by atoms with van der Waals surface area (Å²) in [6, 6.07) is 5.93. The highest BCUT2D eigenvalue weighted by Gasteiger charge is 2.32. The van der Waals surface area contributed by atoms with Crippen molar-refractivity contribution in [3.8, 4) is 0 Å². The van der Waals surface area contributed by atoms with E-state index < -0.39 is 10.0 Å². The third-order valence-corrected chi connectivity index (χ3v) is 6.24. The Labute approximate surface area is 152 Å². The van der Waals surface area contributed by atoms with Gasteiger partial charge in [-0.25, -0.2) is 8.42 Å². The lowest BCUT2D eigenvalue weighted by molar-refractivity contribution is -0.00260. The second-order valence-corrected chi connectivity index (χ2v) is 7.89. The van der Waals surface area contributed by atoms with Gasteiger partial charge in [-0.15, -0.1) is 0 Å². The number of nitrogens with one attached hydrogen (secondary N) is 1. The van der Waals surface area contributed by atoms with Crippen LogP contribution in [-0.4, -0.2) is 55.2 Å². The Hall–Kier alpha value is -2.23. The number of morpholine rings is 1. The molecule has 140 valence electrons. The summed E-state index contributed by atoms with van der Waals surface area (Å²) in [5, 5.41) is 6.73. The Morgan fingerprint density at radius 2 is 2.08 bits per heavy atom. The summed E-state index contributed by atoms with van der Waals surface area (Å²) in [7, 11) is -2.13. The lowest BCUT2D eigenvalue weighted by atomic mass is 10.2. The highest BCUT2D eigenvalue weighted by Crippen LogP contribution is 2.26. The molecule has 1 aromatic carbocycles. The molecule has 1 aromatic heterocycles. The van der Waals surface area contributed by atoms with Crippen molar-refractivity contribution in [1.82, 2.24) is 19.4 Å². The number of carbonyl (C=O) groups is 1. The lowest BCUT2D eigenvalue weighted by Gasteiger charge is -2.31.